The number of ketones is 1. The topological polar surface area (TPSA) is 163 Å². The largest absolute Gasteiger partial charge is 0.443 e. The van der Waals surface area contributed by atoms with E-state index in [0.717, 1.165) is 13.0 Å². The molecule has 2 fully saturated rings. The Morgan fingerprint density at radius 3 is 2.52 bits per heavy atom. The number of rotatable bonds is 13. The molecule has 3 heterocycles. The Hall–Kier alpha value is -3.69. The van der Waals surface area contributed by atoms with Gasteiger partial charge < -0.3 is 25.6 Å². The molecule has 2 aliphatic rings. The number of hydrogen-bond donors (Lipinski definition) is 3. The van der Waals surface area contributed by atoms with Crippen molar-refractivity contribution >= 4 is 52.3 Å². The van der Waals surface area contributed by atoms with Gasteiger partial charge in [-0.25, -0.2) is 14.8 Å². The number of carbonyl (C=O) groups excluding carboxylic acids is 5. The molecular formula is C31H43N7O6S2. The number of aromatic nitrogens is 2. The minimum Gasteiger partial charge on any atom is -0.443 e. The van der Waals surface area contributed by atoms with Crippen molar-refractivity contribution in [3.63, 3.8) is 0 Å². The predicted molar refractivity (Wildman–Crippen MR) is 175 cm³/mol. The van der Waals surface area contributed by atoms with E-state index in [1.54, 1.807) is 26.2 Å². The molecule has 0 unspecified atom stereocenters. The van der Waals surface area contributed by atoms with Crippen LogP contribution in [0.25, 0.3) is 10.7 Å². The van der Waals surface area contributed by atoms with Crippen molar-refractivity contribution in [3.8, 4) is 10.7 Å². The Morgan fingerprint density at radius 2 is 1.85 bits per heavy atom. The Bertz CT molecular complexity index is 1490. The number of thiazole rings is 2. The molecule has 3 N–H and O–H groups in total. The summed E-state index contributed by atoms with van der Waals surface area (Å²) in [7, 11) is 3.96. The standard InChI is InChI=1S/C31H43N7O6S2/c1-19-8-9-20(38(19)29(43)44-30(2,3)4)14-25(41)36-31(10-11-31)23(39)15-24(40)33-16-26-34-22(18-45-26)28-35-21(17-46-28)27(42)32-12-7-13-37(5)6/h14,17-19H,7-13,15-16H2,1-6H3,(H,32,42)(H,33,40)(H,36,41)/b20-14-/t19-/m0/s1. The number of carbonyl (C=O) groups is 5. The molecule has 2 aromatic heterocycles. The highest BCUT2D eigenvalue weighted by Crippen LogP contribution is 2.38. The number of nitrogens with one attached hydrogen (secondary N) is 3. The zero-order valence-corrected chi connectivity index (χ0v) is 28.9. The molecule has 2 aromatic rings. The number of hydrogen-bond acceptors (Lipinski definition) is 11. The van der Waals surface area contributed by atoms with E-state index in [0.29, 0.717) is 59.3 Å². The lowest BCUT2D eigenvalue weighted by atomic mass is 10.1. The first kappa shape index (κ1) is 35.2. The van der Waals surface area contributed by atoms with Crippen LogP contribution in [0.5, 0.6) is 0 Å². The summed E-state index contributed by atoms with van der Waals surface area (Å²) in [6.45, 7) is 8.81. The molecule has 15 heteroatoms. The summed E-state index contributed by atoms with van der Waals surface area (Å²) in [6, 6.07) is -0.114. The summed E-state index contributed by atoms with van der Waals surface area (Å²) < 4.78 is 5.50. The van der Waals surface area contributed by atoms with Crippen LogP contribution in [-0.4, -0.2) is 93.7 Å². The molecule has 13 nitrogen and oxygen atoms in total. The van der Waals surface area contributed by atoms with E-state index in [-0.39, 0.29) is 30.7 Å². The highest BCUT2D eigenvalue weighted by atomic mass is 32.1. The van der Waals surface area contributed by atoms with Gasteiger partial charge in [-0.3, -0.25) is 24.1 Å². The number of allylic oxidation sites excluding steroid dienone is 1. The van der Waals surface area contributed by atoms with Crippen LogP contribution in [0.3, 0.4) is 0 Å². The SMILES string of the molecule is C[C@H]1CC/C(=C/C(=O)NC2(C(=O)CC(=O)NCc3nc(-c4nc(C(=O)NCCCN(C)C)cs4)cs3)CC2)N1C(=O)OC(C)(C)C. The summed E-state index contributed by atoms with van der Waals surface area (Å²) >= 11 is 2.66. The second kappa shape index (κ2) is 14.8. The third kappa shape index (κ3) is 9.66. The predicted octanol–water partition coefficient (Wildman–Crippen LogP) is 3.48. The summed E-state index contributed by atoms with van der Waals surface area (Å²) in [4.78, 5) is 76.1. The zero-order chi connectivity index (χ0) is 33.6. The molecule has 4 rings (SSSR count). The summed E-state index contributed by atoms with van der Waals surface area (Å²) in [6.07, 6.45) is 3.42. The van der Waals surface area contributed by atoms with Crippen LogP contribution in [0, 0.1) is 0 Å². The number of likely N-dealkylation sites (tertiary alicyclic amines) is 1. The van der Waals surface area contributed by atoms with Gasteiger partial charge >= 0.3 is 6.09 Å². The van der Waals surface area contributed by atoms with Gasteiger partial charge in [0.25, 0.3) is 5.91 Å². The van der Waals surface area contributed by atoms with Crippen molar-refractivity contribution in [3.05, 3.63) is 33.2 Å². The van der Waals surface area contributed by atoms with Crippen molar-refractivity contribution in [1.29, 1.82) is 0 Å². The number of Topliss-reactive ketones (excluding diaryl/α,β-unsaturated/α-hetero) is 1. The van der Waals surface area contributed by atoms with Crippen molar-refractivity contribution in [2.75, 3.05) is 27.2 Å². The van der Waals surface area contributed by atoms with E-state index in [1.165, 1.54) is 33.6 Å². The number of nitrogens with zero attached hydrogens (tertiary/aromatic N) is 4. The van der Waals surface area contributed by atoms with E-state index in [9.17, 15) is 24.0 Å². The molecule has 1 saturated carbocycles. The van der Waals surface area contributed by atoms with Crippen molar-refractivity contribution in [2.45, 2.75) is 89.9 Å². The maximum absolute atomic E-state index is 13.0. The molecule has 4 amide bonds. The summed E-state index contributed by atoms with van der Waals surface area (Å²) in [5, 5.41) is 13.1. The molecule has 1 aliphatic carbocycles. The third-order valence-corrected chi connectivity index (χ3v) is 9.15. The minimum atomic E-state index is -1.08. The summed E-state index contributed by atoms with van der Waals surface area (Å²) in [5.74, 6) is -1.54. The van der Waals surface area contributed by atoms with Gasteiger partial charge in [0.2, 0.25) is 11.8 Å². The van der Waals surface area contributed by atoms with Crippen LogP contribution in [-0.2, 0) is 25.7 Å². The van der Waals surface area contributed by atoms with Gasteiger partial charge in [0.05, 0.1) is 18.5 Å². The van der Waals surface area contributed by atoms with Gasteiger partial charge in [-0.2, -0.15) is 0 Å². The second-order valence-corrected chi connectivity index (χ2v) is 14.7. The van der Waals surface area contributed by atoms with E-state index in [1.807, 2.05) is 26.4 Å². The third-order valence-electron chi connectivity index (χ3n) is 7.44. The Labute approximate surface area is 277 Å². The lowest BCUT2D eigenvalue weighted by Gasteiger charge is -2.28. The van der Waals surface area contributed by atoms with E-state index in [4.69, 9.17) is 4.74 Å². The lowest BCUT2D eigenvalue weighted by molar-refractivity contribution is -0.132. The smallest absolute Gasteiger partial charge is 0.414 e. The van der Waals surface area contributed by atoms with Crippen LogP contribution >= 0.6 is 22.7 Å². The van der Waals surface area contributed by atoms with Gasteiger partial charge in [0.15, 0.2) is 5.78 Å². The van der Waals surface area contributed by atoms with Crippen LogP contribution < -0.4 is 16.0 Å². The van der Waals surface area contributed by atoms with Gasteiger partial charge in [0.1, 0.15) is 27.0 Å². The normalized spacial score (nSPS) is 18.0. The minimum absolute atomic E-state index is 0.114. The van der Waals surface area contributed by atoms with Gasteiger partial charge in [-0.1, -0.05) is 0 Å². The molecule has 1 atom stereocenters. The first-order valence-electron chi connectivity index (χ1n) is 15.3. The molecule has 0 radical (unpaired) electrons. The Morgan fingerprint density at radius 1 is 1.11 bits per heavy atom. The molecule has 46 heavy (non-hydrogen) atoms. The van der Waals surface area contributed by atoms with Crippen LogP contribution in [0.2, 0.25) is 0 Å². The Balaban J connectivity index is 1.24. The van der Waals surface area contributed by atoms with E-state index in [2.05, 4.69) is 30.8 Å². The van der Waals surface area contributed by atoms with E-state index >= 15 is 0 Å². The fraction of sp³-hybridized carbons (Fsp3) is 0.581. The van der Waals surface area contributed by atoms with Crippen molar-refractivity contribution in [1.82, 2.24) is 35.7 Å². The second-order valence-electron chi connectivity index (χ2n) is 12.9. The first-order valence-corrected chi connectivity index (χ1v) is 17.1. The molecule has 0 bridgehead atoms. The summed E-state index contributed by atoms with van der Waals surface area (Å²) in [5.41, 5.74) is -0.271. The zero-order valence-electron chi connectivity index (χ0n) is 27.2. The fourth-order valence-electron chi connectivity index (χ4n) is 4.89. The Kier molecular flexibility index (Phi) is 11.3. The van der Waals surface area contributed by atoms with Crippen molar-refractivity contribution in [2.24, 2.45) is 0 Å². The highest BCUT2D eigenvalue weighted by Gasteiger charge is 2.51. The van der Waals surface area contributed by atoms with Gasteiger partial charge in [-0.15, -0.1) is 22.7 Å². The fourth-order valence-corrected chi connectivity index (χ4v) is 6.44. The molecular weight excluding hydrogens is 631 g/mol. The van der Waals surface area contributed by atoms with Crippen molar-refractivity contribution < 1.29 is 28.7 Å². The molecule has 0 spiro atoms. The quantitative estimate of drug-likeness (QED) is 0.164. The molecule has 1 saturated heterocycles. The van der Waals surface area contributed by atoms with Crippen LogP contribution in [0.15, 0.2) is 22.5 Å². The average molecular weight is 674 g/mol. The van der Waals surface area contributed by atoms with Gasteiger partial charge in [-0.05, 0) is 80.4 Å². The first-order chi connectivity index (χ1) is 21.7. The molecule has 1 aliphatic heterocycles. The van der Waals surface area contributed by atoms with Crippen LogP contribution in [0.4, 0.5) is 4.79 Å². The highest BCUT2D eigenvalue weighted by molar-refractivity contribution is 7.14. The molecule has 250 valence electrons. The lowest BCUT2D eigenvalue weighted by Crippen LogP contribution is -2.44. The van der Waals surface area contributed by atoms with Crippen LogP contribution in [0.1, 0.15) is 81.7 Å². The number of amides is 4. The number of ether oxygens (including phenoxy) is 1. The van der Waals surface area contributed by atoms with E-state index < -0.39 is 29.0 Å². The maximum atomic E-state index is 13.0. The molecule has 0 aromatic carbocycles. The van der Waals surface area contributed by atoms with Gasteiger partial charge in [0, 0.05) is 35.1 Å². The average Bonchev–Trinajstić information content (AvgIpc) is 3.30. The maximum Gasteiger partial charge on any atom is 0.414 e. The monoisotopic (exact) mass is 673 g/mol.